The Hall–Kier alpha value is -3.56. The van der Waals surface area contributed by atoms with E-state index in [4.69, 9.17) is 4.74 Å². The highest BCUT2D eigenvalue weighted by Gasteiger charge is 2.34. The molecule has 6 heteroatoms. The summed E-state index contributed by atoms with van der Waals surface area (Å²) in [7, 11) is 1.60. The summed E-state index contributed by atoms with van der Waals surface area (Å²) >= 11 is 3.57. The summed E-state index contributed by atoms with van der Waals surface area (Å²) in [6, 6.07) is 23.2. The summed E-state index contributed by atoms with van der Waals surface area (Å²) in [4.78, 5) is 28.7. The molecule has 35 heavy (non-hydrogen) atoms. The normalized spacial score (nSPS) is 11.6. The Balaban J connectivity index is 2.08. The fourth-order valence-electron chi connectivity index (χ4n) is 3.51. The minimum Gasteiger partial charge on any atom is -0.497 e. The van der Waals surface area contributed by atoms with Gasteiger partial charge in [0.15, 0.2) is 0 Å². The van der Waals surface area contributed by atoms with Crippen molar-refractivity contribution in [3.63, 3.8) is 0 Å². The summed E-state index contributed by atoms with van der Waals surface area (Å²) in [5.74, 6) is 5.66. The Morgan fingerprint density at radius 3 is 2.20 bits per heavy atom. The molecule has 1 N–H and O–H groups in total. The van der Waals surface area contributed by atoms with Crippen LogP contribution in [0.2, 0.25) is 0 Å². The van der Waals surface area contributed by atoms with E-state index in [1.165, 1.54) is 4.90 Å². The van der Waals surface area contributed by atoms with Gasteiger partial charge in [-0.1, -0.05) is 70.4 Å². The Morgan fingerprint density at radius 1 is 0.971 bits per heavy atom. The predicted octanol–water partition coefficient (Wildman–Crippen LogP) is 5.49. The first-order valence-electron chi connectivity index (χ1n) is 11.2. The molecule has 0 saturated heterocycles. The molecule has 0 spiro atoms. The van der Waals surface area contributed by atoms with Crippen molar-refractivity contribution in [3.8, 4) is 17.6 Å². The molecule has 0 bridgehead atoms. The number of ether oxygens (including phenoxy) is 1. The second-order valence-corrected chi connectivity index (χ2v) is 9.91. The van der Waals surface area contributed by atoms with Crippen LogP contribution in [0.4, 0.5) is 0 Å². The van der Waals surface area contributed by atoms with Crippen molar-refractivity contribution >= 4 is 27.7 Å². The van der Waals surface area contributed by atoms with E-state index in [1.807, 2.05) is 99.6 Å². The lowest BCUT2D eigenvalue weighted by molar-refractivity contribution is -0.138. The summed E-state index contributed by atoms with van der Waals surface area (Å²) in [6.07, 6.45) is 0. The van der Waals surface area contributed by atoms with Crippen molar-refractivity contribution in [1.29, 1.82) is 0 Å². The molecule has 0 fully saturated rings. The van der Waals surface area contributed by atoms with E-state index in [0.29, 0.717) is 11.3 Å². The molecule has 180 valence electrons. The van der Waals surface area contributed by atoms with Crippen LogP contribution in [0.1, 0.15) is 43.5 Å². The Labute approximate surface area is 215 Å². The summed E-state index contributed by atoms with van der Waals surface area (Å²) in [5.41, 5.74) is 1.77. The van der Waals surface area contributed by atoms with Crippen molar-refractivity contribution < 1.29 is 14.3 Å². The highest BCUT2D eigenvalue weighted by atomic mass is 79.9. The van der Waals surface area contributed by atoms with E-state index >= 15 is 0 Å². The molecular formula is C29H29BrN2O3. The maximum Gasteiger partial charge on any atom is 0.300 e. The number of nitrogens with zero attached hydrogens (tertiary/aromatic N) is 1. The third kappa shape index (κ3) is 7.46. The number of carbonyl (C=O) groups is 2. The zero-order valence-electron chi connectivity index (χ0n) is 20.3. The predicted molar refractivity (Wildman–Crippen MR) is 142 cm³/mol. The van der Waals surface area contributed by atoms with Gasteiger partial charge in [0.05, 0.1) is 7.11 Å². The lowest BCUT2D eigenvalue weighted by Gasteiger charge is -2.33. The van der Waals surface area contributed by atoms with Gasteiger partial charge in [-0.15, -0.1) is 0 Å². The molecule has 2 amide bonds. The number of hydrogen-bond donors (Lipinski definition) is 1. The molecule has 0 heterocycles. The first-order chi connectivity index (χ1) is 16.7. The van der Waals surface area contributed by atoms with Crippen molar-refractivity contribution in [2.24, 2.45) is 0 Å². The largest absolute Gasteiger partial charge is 0.497 e. The lowest BCUT2D eigenvalue weighted by Crippen LogP contribution is -2.49. The fourth-order valence-corrected chi connectivity index (χ4v) is 4.01. The van der Waals surface area contributed by atoms with E-state index in [9.17, 15) is 9.59 Å². The summed E-state index contributed by atoms with van der Waals surface area (Å²) < 4.78 is 6.00. The first kappa shape index (κ1) is 26.1. The van der Waals surface area contributed by atoms with Crippen LogP contribution in [0.25, 0.3) is 0 Å². The number of amides is 2. The van der Waals surface area contributed by atoms with Crippen LogP contribution in [-0.2, 0) is 16.1 Å². The number of hydrogen-bond acceptors (Lipinski definition) is 3. The van der Waals surface area contributed by atoms with Gasteiger partial charge in [-0.05, 0) is 62.2 Å². The third-order valence-corrected chi connectivity index (χ3v) is 5.84. The van der Waals surface area contributed by atoms with Crippen LogP contribution < -0.4 is 10.1 Å². The molecule has 0 radical (unpaired) electrons. The summed E-state index contributed by atoms with van der Waals surface area (Å²) in [6.45, 7) is 5.92. The number of carbonyl (C=O) groups excluding carboxylic acids is 2. The van der Waals surface area contributed by atoms with Gasteiger partial charge in [0.1, 0.15) is 11.8 Å². The second-order valence-electron chi connectivity index (χ2n) is 9.06. The van der Waals surface area contributed by atoms with Crippen LogP contribution in [0.15, 0.2) is 83.3 Å². The van der Waals surface area contributed by atoms with Crippen LogP contribution in [0.3, 0.4) is 0 Å². The van der Waals surface area contributed by atoms with Gasteiger partial charge in [0.2, 0.25) is 5.91 Å². The molecule has 1 atom stereocenters. The molecule has 5 nitrogen and oxygen atoms in total. The molecule has 0 aromatic heterocycles. The number of benzene rings is 3. The van der Waals surface area contributed by atoms with Gasteiger partial charge in [0.25, 0.3) is 5.91 Å². The van der Waals surface area contributed by atoms with Gasteiger partial charge >= 0.3 is 0 Å². The highest BCUT2D eigenvalue weighted by Crippen LogP contribution is 2.30. The standard InChI is InChI=1S/C29H29BrN2O3/c1-29(2,3)31-28(34)27(24-12-8-9-13-25(24)30)32(20-22-14-17-23(35-4)18-15-22)26(33)19-16-21-10-6-5-7-11-21/h5-15,17-18,27H,20H2,1-4H3,(H,31,34). The maximum atomic E-state index is 13.6. The molecule has 3 aromatic carbocycles. The van der Waals surface area contributed by atoms with Gasteiger partial charge in [-0.25, -0.2) is 0 Å². The van der Waals surface area contributed by atoms with E-state index in [1.54, 1.807) is 7.11 Å². The minimum atomic E-state index is -0.899. The van der Waals surface area contributed by atoms with E-state index in [-0.39, 0.29) is 12.5 Å². The highest BCUT2D eigenvalue weighted by molar-refractivity contribution is 9.10. The molecule has 3 rings (SSSR count). The van der Waals surface area contributed by atoms with Crippen LogP contribution in [0.5, 0.6) is 5.75 Å². The number of halogens is 1. The minimum absolute atomic E-state index is 0.190. The second kappa shape index (κ2) is 11.7. The van der Waals surface area contributed by atoms with E-state index < -0.39 is 17.5 Å². The Bertz CT molecular complexity index is 1220. The van der Waals surface area contributed by atoms with Crippen LogP contribution >= 0.6 is 15.9 Å². The van der Waals surface area contributed by atoms with E-state index in [0.717, 1.165) is 15.6 Å². The van der Waals surface area contributed by atoms with Crippen molar-refractivity contribution in [2.45, 2.75) is 38.9 Å². The van der Waals surface area contributed by atoms with Crippen LogP contribution in [0, 0.1) is 11.8 Å². The topological polar surface area (TPSA) is 58.6 Å². The van der Waals surface area contributed by atoms with Gasteiger partial charge in [-0.2, -0.15) is 0 Å². The fraction of sp³-hybridized carbons (Fsp3) is 0.241. The van der Waals surface area contributed by atoms with Crippen molar-refractivity contribution in [3.05, 3.63) is 100 Å². The number of nitrogens with one attached hydrogen (secondary N) is 1. The molecule has 0 aliphatic rings. The summed E-state index contributed by atoms with van der Waals surface area (Å²) in [5, 5.41) is 3.04. The molecule has 0 aliphatic carbocycles. The van der Waals surface area contributed by atoms with Gasteiger partial charge < -0.3 is 15.0 Å². The van der Waals surface area contributed by atoms with Gasteiger partial charge in [-0.3, -0.25) is 9.59 Å². The third-order valence-electron chi connectivity index (χ3n) is 5.12. The zero-order valence-corrected chi connectivity index (χ0v) is 21.9. The van der Waals surface area contributed by atoms with Gasteiger partial charge in [0, 0.05) is 28.0 Å². The smallest absolute Gasteiger partial charge is 0.300 e. The molecule has 1 unspecified atom stereocenters. The molecular weight excluding hydrogens is 504 g/mol. The molecule has 0 aliphatic heterocycles. The van der Waals surface area contributed by atoms with Crippen molar-refractivity contribution in [2.75, 3.05) is 7.11 Å². The van der Waals surface area contributed by atoms with Crippen LogP contribution in [-0.4, -0.2) is 29.4 Å². The maximum absolute atomic E-state index is 13.6. The first-order valence-corrected chi connectivity index (χ1v) is 12.0. The Morgan fingerprint density at radius 2 is 1.60 bits per heavy atom. The average molecular weight is 533 g/mol. The van der Waals surface area contributed by atoms with Crippen molar-refractivity contribution in [1.82, 2.24) is 10.2 Å². The zero-order chi connectivity index (χ0) is 25.4. The lowest BCUT2D eigenvalue weighted by atomic mass is 10.0. The quantitative estimate of drug-likeness (QED) is 0.426. The number of methoxy groups -OCH3 is 1. The van der Waals surface area contributed by atoms with E-state index in [2.05, 4.69) is 33.1 Å². The Kier molecular flexibility index (Phi) is 8.73. The SMILES string of the molecule is COc1ccc(CN(C(=O)C#Cc2ccccc2)C(C(=O)NC(C)(C)C)c2ccccc2Br)cc1. The molecule has 0 saturated carbocycles. The average Bonchev–Trinajstić information content (AvgIpc) is 2.83. The molecule has 3 aromatic rings. The monoisotopic (exact) mass is 532 g/mol. The number of rotatable bonds is 6.